The third-order valence-electron chi connectivity index (χ3n) is 7.39. The van der Waals surface area contributed by atoms with Crippen LogP contribution in [0.3, 0.4) is 0 Å². The van der Waals surface area contributed by atoms with Crippen molar-refractivity contribution < 1.29 is 9.13 Å². The largest absolute Gasteiger partial charge is 0.379 e. The van der Waals surface area contributed by atoms with E-state index >= 15 is 0 Å². The first kappa shape index (κ1) is 29.0. The lowest BCUT2D eigenvalue weighted by Gasteiger charge is -2.28. The first-order valence-corrected chi connectivity index (χ1v) is 14.6. The van der Waals surface area contributed by atoms with E-state index in [1.807, 2.05) is 35.3 Å². The van der Waals surface area contributed by atoms with Gasteiger partial charge < -0.3 is 20.8 Å². The van der Waals surface area contributed by atoms with Crippen LogP contribution in [0, 0.1) is 17.1 Å². The van der Waals surface area contributed by atoms with E-state index in [9.17, 15) is 9.65 Å². The lowest BCUT2D eigenvalue weighted by molar-refractivity contribution is 0.0334. The van der Waals surface area contributed by atoms with E-state index in [-0.39, 0.29) is 11.1 Å². The highest BCUT2D eigenvalue weighted by atomic mass is 35.5. The molecule has 1 atom stereocenters. The normalized spacial score (nSPS) is 16.0. The smallest absolute Gasteiger partial charge is 0.141 e. The standard InChI is InChI=1S/C31H29Cl2FN8O/c32-25-15-22(6-7-27(25)34)37-29-21(17-35)18-36-31-24(29)14-23(16-26(31)33)38-30(20-4-2-1-3-5-20)28-19-42(40-39-28)9-8-41-10-12-43-13-11-41/h1-7,14-16,18-19,30,38-40H,8-13H2,(H,36,37)/t30-/m0/s1. The van der Waals surface area contributed by atoms with Crippen molar-refractivity contribution in [1.82, 2.24) is 25.9 Å². The second-order valence-electron chi connectivity index (χ2n) is 10.2. The predicted octanol–water partition coefficient (Wildman–Crippen LogP) is 5.95. The Bertz CT molecular complexity index is 1690. The van der Waals surface area contributed by atoms with Crippen LogP contribution >= 0.6 is 23.2 Å². The Morgan fingerprint density at radius 2 is 1.81 bits per heavy atom. The number of ether oxygens (including phenoxy) is 1. The van der Waals surface area contributed by atoms with Crippen molar-refractivity contribution in [3.63, 3.8) is 0 Å². The van der Waals surface area contributed by atoms with Crippen molar-refractivity contribution in [2.24, 2.45) is 0 Å². The van der Waals surface area contributed by atoms with Crippen LogP contribution in [0.15, 0.2) is 78.8 Å². The van der Waals surface area contributed by atoms with Crippen LogP contribution in [0.1, 0.15) is 17.2 Å². The van der Waals surface area contributed by atoms with E-state index < -0.39 is 5.82 Å². The van der Waals surface area contributed by atoms with Crippen LogP contribution in [0.2, 0.25) is 10.0 Å². The molecule has 2 aliphatic heterocycles. The zero-order valence-corrected chi connectivity index (χ0v) is 24.6. The molecule has 0 aliphatic carbocycles. The number of fused-ring (bicyclic) bond motifs is 1. The minimum Gasteiger partial charge on any atom is -0.379 e. The zero-order chi connectivity index (χ0) is 29.8. The molecule has 0 bridgehead atoms. The third kappa shape index (κ3) is 6.62. The average Bonchev–Trinajstić information content (AvgIpc) is 3.50. The molecule has 220 valence electrons. The van der Waals surface area contributed by atoms with E-state index in [1.165, 1.54) is 18.3 Å². The summed E-state index contributed by atoms with van der Waals surface area (Å²) in [5, 5.41) is 19.8. The van der Waals surface area contributed by atoms with E-state index in [0.29, 0.717) is 32.9 Å². The van der Waals surface area contributed by atoms with Crippen molar-refractivity contribution in [1.29, 1.82) is 5.26 Å². The third-order valence-corrected chi connectivity index (χ3v) is 7.97. The van der Waals surface area contributed by atoms with Gasteiger partial charge in [-0.05, 0) is 35.9 Å². The van der Waals surface area contributed by atoms with Gasteiger partial charge in [0.25, 0.3) is 0 Å². The number of anilines is 3. The van der Waals surface area contributed by atoms with Crippen LogP contribution in [0.25, 0.3) is 10.9 Å². The summed E-state index contributed by atoms with van der Waals surface area (Å²) in [7, 11) is 0. The predicted molar refractivity (Wildman–Crippen MR) is 167 cm³/mol. The second-order valence-corrected chi connectivity index (χ2v) is 11.0. The molecule has 4 aromatic rings. The summed E-state index contributed by atoms with van der Waals surface area (Å²) in [5.74, 6) is -0.530. The SMILES string of the molecule is N#Cc1cnc2c(Cl)cc(N[C@H](C3=CN(CCN4CCOCC4)NN3)c3ccccc3)cc2c1Nc1ccc(F)c(Cl)c1. The van der Waals surface area contributed by atoms with Crippen molar-refractivity contribution in [2.75, 3.05) is 50.0 Å². The number of halogens is 3. The monoisotopic (exact) mass is 618 g/mol. The molecule has 0 radical (unpaired) electrons. The lowest BCUT2D eigenvalue weighted by Crippen LogP contribution is -2.44. The van der Waals surface area contributed by atoms with Gasteiger partial charge in [0.2, 0.25) is 0 Å². The number of rotatable bonds is 9. The maximum Gasteiger partial charge on any atom is 0.141 e. The fraction of sp³-hybridized carbons (Fsp3) is 0.226. The van der Waals surface area contributed by atoms with Crippen LogP contribution in [0.4, 0.5) is 21.5 Å². The summed E-state index contributed by atoms with van der Waals surface area (Å²) in [6.45, 7) is 5.10. The second kappa shape index (κ2) is 13.0. The number of pyridine rings is 1. The molecule has 12 heteroatoms. The molecule has 1 saturated heterocycles. The van der Waals surface area contributed by atoms with Gasteiger partial charge in [-0.25, -0.2) is 4.39 Å². The molecule has 2 aliphatic rings. The highest BCUT2D eigenvalue weighted by molar-refractivity contribution is 6.36. The first-order chi connectivity index (χ1) is 21.0. The number of benzene rings is 3. The maximum atomic E-state index is 13.8. The van der Waals surface area contributed by atoms with Gasteiger partial charge in [0.1, 0.15) is 11.9 Å². The highest BCUT2D eigenvalue weighted by Crippen LogP contribution is 2.37. The number of aromatic nitrogens is 1. The molecule has 1 aromatic heterocycles. The van der Waals surface area contributed by atoms with Crippen molar-refractivity contribution >= 4 is 51.2 Å². The fourth-order valence-corrected chi connectivity index (χ4v) is 5.59. The molecule has 3 heterocycles. The molecule has 6 rings (SSSR count). The quantitative estimate of drug-likeness (QED) is 0.181. The van der Waals surface area contributed by atoms with Crippen LogP contribution in [-0.2, 0) is 4.74 Å². The molecule has 0 spiro atoms. The molecule has 43 heavy (non-hydrogen) atoms. The van der Waals surface area contributed by atoms with Crippen molar-refractivity contribution in [2.45, 2.75) is 6.04 Å². The van der Waals surface area contributed by atoms with E-state index in [0.717, 1.165) is 56.3 Å². The van der Waals surface area contributed by atoms with Crippen LogP contribution in [0.5, 0.6) is 0 Å². The van der Waals surface area contributed by atoms with Gasteiger partial charge in [0, 0.05) is 55.3 Å². The summed E-state index contributed by atoms with van der Waals surface area (Å²) >= 11 is 12.8. The lowest BCUT2D eigenvalue weighted by atomic mass is 10.0. The minimum atomic E-state index is -0.530. The van der Waals surface area contributed by atoms with Gasteiger partial charge >= 0.3 is 0 Å². The van der Waals surface area contributed by atoms with Gasteiger partial charge in [-0.3, -0.25) is 14.9 Å². The van der Waals surface area contributed by atoms with Crippen molar-refractivity contribution in [3.8, 4) is 6.07 Å². The molecule has 0 unspecified atom stereocenters. The first-order valence-electron chi connectivity index (χ1n) is 13.8. The van der Waals surface area contributed by atoms with E-state index in [4.69, 9.17) is 27.9 Å². The summed E-state index contributed by atoms with van der Waals surface area (Å²) in [5.41, 5.74) is 11.1. The number of nitrogens with zero attached hydrogens (tertiary/aromatic N) is 4. The Labute approximate surface area is 258 Å². The molecular weight excluding hydrogens is 590 g/mol. The molecule has 3 aromatic carbocycles. The molecular formula is C31H29Cl2FN8O. The maximum absolute atomic E-state index is 13.8. The Kier molecular flexibility index (Phi) is 8.79. The number of nitrogens with one attached hydrogen (secondary N) is 4. The van der Waals surface area contributed by atoms with Crippen LogP contribution < -0.4 is 21.6 Å². The Balaban J connectivity index is 1.32. The number of hydrazine groups is 2. The molecule has 4 N–H and O–H groups in total. The van der Waals surface area contributed by atoms with Gasteiger partial charge in [-0.1, -0.05) is 53.5 Å². The van der Waals surface area contributed by atoms with Gasteiger partial charge in [-0.15, -0.1) is 5.53 Å². The van der Waals surface area contributed by atoms with E-state index in [2.05, 4.69) is 55.9 Å². The van der Waals surface area contributed by atoms with Gasteiger partial charge in [0.15, 0.2) is 0 Å². The van der Waals surface area contributed by atoms with Gasteiger partial charge in [0.05, 0.1) is 51.8 Å². The topological polar surface area (TPSA) is 101 Å². The van der Waals surface area contributed by atoms with Crippen molar-refractivity contribution in [3.05, 3.63) is 106 Å². The fourth-order valence-electron chi connectivity index (χ4n) is 5.14. The summed E-state index contributed by atoms with van der Waals surface area (Å²) in [6, 6.07) is 20.0. The highest BCUT2D eigenvalue weighted by Gasteiger charge is 2.24. The average molecular weight is 620 g/mol. The van der Waals surface area contributed by atoms with Crippen LogP contribution in [-0.4, -0.2) is 54.3 Å². The Morgan fingerprint density at radius 1 is 1.02 bits per heavy atom. The molecule has 9 nitrogen and oxygen atoms in total. The number of hydrogen-bond acceptors (Lipinski definition) is 9. The molecule has 0 amide bonds. The summed E-state index contributed by atoms with van der Waals surface area (Å²) < 4.78 is 19.3. The van der Waals surface area contributed by atoms with Gasteiger partial charge in [-0.2, -0.15) is 5.26 Å². The van der Waals surface area contributed by atoms with E-state index in [1.54, 1.807) is 6.07 Å². The number of morpholine rings is 1. The molecule has 1 fully saturated rings. The summed E-state index contributed by atoms with van der Waals surface area (Å²) in [4.78, 5) is 6.83. The molecule has 0 saturated carbocycles. The number of hydrogen-bond donors (Lipinski definition) is 4. The number of nitriles is 1. The Morgan fingerprint density at radius 3 is 2.58 bits per heavy atom. The minimum absolute atomic E-state index is 0.0297. The Hall–Kier alpha value is -4.11. The summed E-state index contributed by atoms with van der Waals surface area (Å²) in [6.07, 6.45) is 3.53. The zero-order valence-electron chi connectivity index (χ0n) is 23.1.